The molecule has 0 aromatic carbocycles. The summed E-state index contributed by atoms with van der Waals surface area (Å²) >= 11 is 0. The summed E-state index contributed by atoms with van der Waals surface area (Å²) in [7, 11) is 0. The van der Waals surface area contributed by atoms with Crippen LogP contribution in [0.4, 0.5) is 10.3 Å². The molecule has 0 amide bonds. The van der Waals surface area contributed by atoms with Gasteiger partial charge in [0.2, 0.25) is 0 Å². The normalized spacial score (nSPS) is 11.2. The summed E-state index contributed by atoms with van der Waals surface area (Å²) in [6.07, 6.45) is 5.48. The fraction of sp³-hybridized carbons (Fsp3) is 0.706. The summed E-state index contributed by atoms with van der Waals surface area (Å²) in [5.41, 5.74) is 0.717. The molecule has 0 N–H and O–H groups in total. The van der Waals surface area contributed by atoms with Gasteiger partial charge in [-0.2, -0.15) is 0 Å². The number of halogens is 1. The van der Waals surface area contributed by atoms with Crippen LogP contribution in [0.2, 0.25) is 0 Å². The van der Waals surface area contributed by atoms with E-state index in [4.69, 9.17) is 18.9 Å². The molecule has 168 valence electrons. The minimum atomic E-state index is -0.523. The summed E-state index contributed by atoms with van der Waals surface area (Å²) in [5.74, 6) is -0.190. The highest BCUT2D eigenvalue weighted by Gasteiger charge is 2.13. The first-order chi connectivity index (χ1) is 14.7. The van der Waals surface area contributed by atoms with E-state index in [1.54, 1.807) is 17.1 Å². The van der Waals surface area contributed by atoms with Crippen molar-refractivity contribution in [3.63, 3.8) is 0 Å². The van der Waals surface area contributed by atoms with Crippen molar-refractivity contribution in [2.24, 2.45) is 0 Å². The van der Waals surface area contributed by atoms with Gasteiger partial charge in [0.25, 0.3) is 0 Å². The molecule has 0 aliphatic carbocycles. The van der Waals surface area contributed by atoms with Crippen LogP contribution in [0.5, 0.6) is 0 Å². The Kier molecular flexibility index (Phi) is 11.5. The zero-order valence-corrected chi connectivity index (χ0v) is 16.7. The molecule has 0 saturated heterocycles. The molecule has 0 bridgehead atoms. The van der Waals surface area contributed by atoms with Crippen molar-refractivity contribution in [3.05, 3.63) is 34.4 Å². The van der Waals surface area contributed by atoms with E-state index in [9.17, 15) is 14.5 Å². The summed E-state index contributed by atoms with van der Waals surface area (Å²) in [6, 6.07) is 0. The number of aryl methyl sites for hydroxylation is 1. The number of nitro groups is 1. The van der Waals surface area contributed by atoms with E-state index in [-0.39, 0.29) is 12.6 Å². The first kappa shape index (κ1) is 23.8. The van der Waals surface area contributed by atoms with Crippen molar-refractivity contribution in [3.8, 4) is 0 Å². The zero-order chi connectivity index (χ0) is 21.4. The SMILES string of the molecule is O=[N+]([O-])c1nccn1CCOCCCn1cc(COCCOCCOCCF)nn1. The Bertz CT molecular complexity index is 727. The third-order valence-electron chi connectivity index (χ3n) is 3.81. The predicted molar refractivity (Wildman–Crippen MR) is 102 cm³/mol. The van der Waals surface area contributed by atoms with Crippen LogP contribution in [-0.4, -0.2) is 82.4 Å². The molecule has 2 heterocycles. The van der Waals surface area contributed by atoms with E-state index in [1.165, 1.54) is 10.8 Å². The van der Waals surface area contributed by atoms with Gasteiger partial charge in [0, 0.05) is 13.2 Å². The molecule has 2 aromatic rings. The molecule has 0 saturated carbocycles. The van der Waals surface area contributed by atoms with Crippen molar-refractivity contribution in [2.75, 3.05) is 52.9 Å². The molecule has 0 aliphatic heterocycles. The minimum Gasteiger partial charge on any atom is -0.390 e. The minimum absolute atomic E-state index is 0.0952. The lowest BCUT2D eigenvalue weighted by molar-refractivity contribution is -0.396. The molecule has 0 unspecified atom stereocenters. The highest BCUT2D eigenvalue weighted by Crippen LogP contribution is 2.06. The lowest BCUT2D eigenvalue weighted by Crippen LogP contribution is -2.10. The van der Waals surface area contributed by atoms with Gasteiger partial charge >= 0.3 is 5.95 Å². The van der Waals surface area contributed by atoms with Gasteiger partial charge in [-0.3, -0.25) is 4.68 Å². The maximum absolute atomic E-state index is 11.8. The second-order valence-electron chi connectivity index (χ2n) is 6.08. The summed E-state index contributed by atoms with van der Waals surface area (Å²) < 4.78 is 36.2. The zero-order valence-electron chi connectivity index (χ0n) is 16.7. The lowest BCUT2D eigenvalue weighted by Gasteiger charge is -2.05. The summed E-state index contributed by atoms with van der Waals surface area (Å²) in [6.45, 7) is 3.42. The maximum atomic E-state index is 11.8. The number of nitrogens with zero attached hydrogens (tertiary/aromatic N) is 6. The van der Waals surface area contributed by atoms with Crippen molar-refractivity contribution in [1.29, 1.82) is 0 Å². The fourth-order valence-electron chi connectivity index (χ4n) is 2.43. The van der Waals surface area contributed by atoms with E-state index >= 15 is 0 Å². The quantitative estimate of drug-likeness (QED) is 0.193. The Labute approximate surface area is 173 Å². The molecule has 0 fully saturated rings. The molecule has 0 spiro atoms. The maximum Gasteiger partial charge on any atom is 0.434 e. The predicted octanol–water partition coefficient (Wildman–Crippen LogP) is 1.01. The van der Waals surface area contributed by atoms with Crippen LogP contribution in [0, 0.1) is 10.1 Å². The van der Waals surface area contributed by atoms with Crippen LogP contribution in [0.15, 0.2) is 18.6 Å². The average molecular weight is 430 g/mol. The van der Waals surface area contributed by atoms with Crippen LogP contribution >= 0.6 is 0 Å². The number of hydrogen-bond acceptors (Lipinski definition) is 9. The Morgan fingerprint density at radius 2 is 1.73 bits per heavy atom. The van der Waals surface area contributed by atoms with Gasteiger partial charge in [-0.15, -0.1) is 5.10 Å². The molecular formula is C17H27FN6O6. The highest BCUT2D eigenvalue weighted by molar-refractivity contribution is 5.06. The van der Waals surface area contributed by atoms with E-state index in [0.29, 0.717) is 59.3 Å². The molecule has 0 radical (unpaired) electrons. The largest absolute Gasteiger partial charge is 0.434 e. The van der Waals surface area contributed by atoms with Gasteiger partial charge in [-0.25, -0.2) is 8.96 Å². The second kappa shape index (κ2) is 14.5. The number of aromatic nitrogens is 5. The van der Waals surface area contributed by atoms with E-state index in [1.807, 2.05) is 0 Å². The topological polar surface area (TPSA) is 129 Å². The van der Waals surface area contributed by atoms with E-state index in [2.05, 4.69) is 15.3 Å². The van der Waals surface area contributed by atoms with Gasteiger partial charge in [0.05, 0.1) is 59.0 Å². The Morgan fingerprint density at radius 3 is 2.50 bits per heavy atom. The van der Waals surface area contributed by atoms with E-state index in [0.717, 1.165) is 12.1 Å². The summed E-state index contributed by atoms with van der Waals surface area (Å²) in [4.78, 5) is 13.9. The van der Waals surface area contributed by atoms with Crippen LogP contribution in [0.25, 0.3) is 0 Å². The highest BCUT2D eigenvalue weighted by atomic mass is 19.1. The van der Waals surface area contributed by atoms with Crippen molar-refractivity contribution < 1.29 is 28.3 Å². The molecule has 13 heteroatoms. The fourth-order valence-corrected chi connectivity index (χ4v) is 2.43. The molecule has 30 heavy (non-hydrogen) atoms. The van der Waals surface area contributed by atoms with Gasteiger partial charge in [0.1, 0.15) is 24.8 Å². The van der Waals surface area contributed by atoms with Gasteiger partial charge in [0.15, 0.2) is 0 Å². The molecule has 0 atom stereocenters. The molecular weight excluding hydrogens is 403 g/mol. The van der Waals surface area contributed by atoms with E-state index < -0.39 is 11.6 Å². The molecule has 2 rings (SSSR count). The molecule has 0 aliphatic rings. The third-order valence-corrected chi connectivity index (χ3v) is 3.81. The standard InChI is InChI=1S/C17H27FN6O6/c18-2-8-28-10-11-29-12-13-30-15-16-14-23(21-20-16)4-1-7-27-9-6-22-5-3-19-17(22)24(25)26/h3,5,14H,1-2,4,6-13,15H2. The first-order valence-corrected chi connectivity index (χ1v) is 9.62. The Balaban J connectivity index is 1.47. The third kappa shape index (κ3) is 9.35. The van der Waals surface area contributed by atoms with Crippen LogP contribution in [-0.2, 0) is 38.6 Å². The number of alkyl halides is 1. The summed E-state index contributed by atoms with van der Waals surface area (Å²) in [5, 5.41) is 18.8. The van der Waals surface area contributed by atoms with Crippen molar-refractivity contribution in [2.45, 2.75) is 26.1 Å². The number of rotatable bonds is 18. The smallest absolute Gasteiger partial charge is 0.390 e. The molecule has 2 aromatic heterocycles. The molecule has 12 nitrogen and oxygen atoms in total. The lowest BCUT2D eigenvalue weighted by atomic mass is 10.4. The number of imidazole rings is 1. The van der Waals surface area contributed by atoms with Gasteiger partial charge < -0.3 is 29.1 Å². The van der Waals surface area contributed by atoms with Crippen LogP contribution < -0.4 is 0 Å². The van der Waals surface area contributed by atoms with Crippen molar-refractivity contribution in [1.82, 2.24) is 24.5 Å². The number of ether oxygens (including phenoxy) is 4. The second-order valence-corrected chi connectivity index (χ2v) is 6.08. The van der Waals surface area contributed by atoms with Crippen molar-refractivity contribution >= 4 is 5.95 Å². The van der Waals surface area contributed by atoms with Gasteiger partial charge in [-0.05, 0) is 11.3 Å². The van der Waals surface area contributed by atoms with Gasteiger partial charge in [-0.1, -0.05) is 10.2 Å². The number of hydrogen-bond donors (Lipinski definition) is 0. The van der Waals surface area contributed by atoms with Crippen LogP contribution in [0.3, 0.4) is 0 Å². The first-order valence-electron chi connectivity index (χ1n) is 9.62. The average Bonchev–Trinajstić information content (AvgIpc) is 3.39. The Hall–Kier alpha value is -2.48. The monoisotopic (exact) mass is 430 g/mol. The van der Waals surface area contributed by atoms with Crippen LogP contribution in [0.1, 0.15) is 12.1 Å². The Morgan fingerprint density at radius 1 is 1.00 bits per heavy atom.